The smallest absolute Gasteiger partial charge is 0.305 e. The third-order valence-corrected chi connectivity index (χ3v) is 2.46. The molecule has 1 rings (SSSR count). The van der Waals surface area contributed by atoms with E-state index in [2.05, 4.69) is 25.9 Å². The molecule has 0 aliphatic carbocycles. The van der Waals surface area contributed by atoms with Crippen molar-refractivity contribution in [2.45, 2.75) is 19.4 Å². The van der Waals surface area contributed by atoms with Gasteiger partial charge in [0.05, 0.1) is 30.0 Å². The summed E-state index contributed by atoms with van der Waals surface area (Å²) in [5, 5.41) is 8.53. The zero-order valence-corrected chi connectivity index (χ0v) is 9.15. The molecule has 1 aromatic heterocycles. The van der Waals surface area contributed by atoms with Gasteiger partial charge in [-0.25, -0.2) is 4.98 Å². The maximum Gasteiger partial charge on any atom is 0.305 e. The van der Waals surface area contributed by atoms with Gasteiger partial charge in [-0.05, 0) is 22.9 Å². The molecule has 0 aromatic carbocycles. The number of carboxylic acid groups (broad SMARTS) is 1. The van der Waals surface area contributed by atoms with Gasteiger partial charge in [0.1, 0.15) is 4.60 Å². The highest BCUT2D eigenvalue weighted by Gasteiger charge is 2.13. The van der Waals surface area contributed by atoms with Crippen LogP contribution < -0.4 is 5.73 Å². The van der Waals surface area contributed by atoms with Crippen molar-refractivity contribution in [3.63, 3.8) is 0 Å². The number of aliphatic carboxylic acids is 1. The lowest BCUT2D eigenvalue weighted by Gasteiger charge is -2.08. The Morgan fingerprint density at radius 2 is 2.43 bits per heavy atom. The Balaban J connectivity index is 2.85. The van der Waals surface area contributed by atoms with E-state index in [9.17, 15) is 4.79 Å². The first-order valence-electron chi connectivity index (χ1n) is 3.97. The predicted molar refractivity (Wildman–Crippen MR) is 53.7 cm³/mol. The van der Waals surface area contributed by atoms with Crippen LogP contribution in [0.3, 0.4) is 0 Å². The molecule has 0 bridgehead atoms. The lowest BCUT2D eigenvalue weighted by molar-refractivity contribution is -0.137. The largest absolute Gasteiger partial charge is 0.481 e. The lowest BCUT2D eigenvalue weighted by Crippen LogP contribution is -2.17. The SMILES string of the molecule is Cc1nc(C(N)CC(=O)O)cnc1Br. The molecule has 1 heterocycles. The molecule has 1 atom stereocenters. The molecule has 6 heteroatoms. The summed E-state index contributed by atoms with van der Waals surface area (Å²) in [7, 11) is 0. The van der Waals surface area contributed by atoms with E-state index in [1.807, 2.05) is 0 Å². The number of carbonyl (C=O) groups is 1. The van der Waals surface area contributed by atoms with Gasteiger partial charge < -0.3 is 10.8 Å². The van der Waals surface area contributed by atoms with Crippen LogP contribution in [-0.4, -0.2) is 21.0 Å². The van der Waals surface area contributed by atoms with Crippen LogP contribution in [-0.2, 0) is 4.79 Å². The molecular formula is C8H10BrN3O2. The highest BCUT2D eigenvalue weighted by Crippen LogP contribution is 2.15. The molecule has 5 nitrogen and oxygen atoms in total. The van der Waals surface area contributed by atoms with E-state index in [0.29, 0.717) is 16.0 Å². The van der Waals surface area contributed by atoms with Crippen molar-refractivity contribution in [3.8, 4) is 0 Å². The highest BCUT2D eigenvalue weighted by atomic mass is 79.9. The first kappa shape index (κ1) is 11.1. The number of carboxylic acids is 1. The summed E-state index contributed by atoms with van der Waals surface area (Å²) in [4.78, 5) is 18.5. The monoisotopic (exact) mass is 259 g/mol. The number of nitrogens with zero attached hydrogens (tertiary/aromatic N) is 2. The van der Waals surface area contributed by atoms with Crippen molar-refractivity contribution in [1.29, 1.82) is 0 Å². The van der Waals surface area contributed by atoms with Crippen molar-refractivity contribution in [1.82, 2.24) is 9.97 Å². The Hall–Kier alpha value is -1.01. The minimum Gasteiger partial charge on any atom is -0.481 e. The van der Waals surface area contributed by atoms with Gasteiger partial charge in [-0.15, -0.1) is 0 Å². The van der Waals surface area contributed by atoms with Crippen molar-refractivity contribution in [3.05, 3.63) is 22.2 Å². The number of hydrogen-bond donors (Lipinski definition) is 2. The number of aromatic nitrogens is 2. The molecule has 0 amide bonds. The van der Waals surface area contributed by atoms with Gasteiger partial charge in [0.2, 0.25) is 0 Å². The molecule has 0 spiro atoms. The van der Waals surface area contributed by atoms with E-state index in [1.54, 1.807) is 6.92 Å². The average molecular weight is 260 g/mol. The molecule has 0 aliphatic rings. The Morgan fingerprint density at radius 1 is 1.79 bits per heavy atom. The predicted octanol–water partition coefficient (Wildman–Crippen LogP) is 1.02. The number of nitrogens with two attached hydrogens (primary N) is 1. The Bertz CT molecular complexity index is 356. The maximum atomic E-state index is 10.4. The zero-order chi connectivity index (χ0) is 10.7. The van der Waals surface area contributed by atoms with Crippen LogP contribution in [0, 0.1) is 6.92 Å². The molecule has 0 saturated heterocycles. The second-order valence-corrected chi connectivity index (χ2v) is 3.63. The molecule has 14 heavy (non-hydrogen) atoms. The van der Waals surface area contributed by atoms with Crippen molar-refractivity contribution < 1.29 is 9.90 Å². The first-order chi connectivity index (χ1) is 6.50. The van der Waals surface area contributed by atoms with Crippen molar-refractivity contribution in [2.75, 3.05) is 0 Å². The third-order valence-electron chi connectivity index (χ3n) is 1.68. The first-order valence-corrected chi connectivity index (χ1v) is 4.76. The summed E-state index contributed by atoms with van der Waals surface area (Å²) in [5.41, 5.74) is 6.81. The number of aryl methyl sites for hydroxylation is 1. The molecule has 1 unspecified atom stereocenters. The molecule has 0 saturated carbocycles. The van der Waals surface area contributed by atoms with Crippen LogP contribution in [0.4, 0.5) is 0 Å². The number of rotatable bonds is 3. The van der Waals surface area contributed by atoms with E-state index in [1.165, 1.54) is 6.20 Å². The summed E-state index contributed by atoms with van der Waals surface area (Å²) in [6, 6.07) is -0.605. The van der Waals surface area contributed by atoms with Crippen LogP contribution in [0.1, 0.15) is 23.9 Å². The van der Waals surface area contributed by atoms with Gasteiger partial charge in [-0.2, -0.15) is 0 Å². The molecule has 76 valence electrons. The lowest BCUT2D eigenvalue weighted by atomic mass is 10.1. The van der Waals surface area contributed by atoms with Gasteiger partial charge in [-0.1, -0.05) is 0 Å². The van der Waals surface area contributed by atoms with E-state index < -0.39 is 12.0 Å². The van der Waals surface area contributed by atoms with Crippen LogP contribution in [0.25, 0.3) is 0 Å². The minimum atomic E-state index is -0.945. The number of hydrogen-bond acceptors (Lipinski definition) is 4. The molecule has 0 radical (unpaired) electrons. The van der Waals surface area contributed by atoms with E-state index in [4.69, 9.17) is 10.8 Å². The summed E-state index contributed by atoms with van der Waals surface area (Å²) in [6.45, 7) is 1.77. The van der Waals surface area contributed by atoms with E-state index in [0.717, 1.165) is 0 Å². The van der Waals surface area contributed by atoms with Crippen LogP contribution in [0.5, 0.6) is 0 Å². The quantitative estimate of drug-likeness (QED) is 0.846. The molecule has 0 fully saturated rings. The van der Waals surface area contributed by atoms with E-state index in [-0.39, 0.29) is 6.42 Å². The minimum absolute atomic E-state index is 0.143. The molecule has 0 aliphatic heterocycles. The van der Waals surface area contributed by atoms with Crippen LogP contribution >= 0.6 is 15.9 Å². The van der Waals surface area contributed by atoms with Crippen molar-refractivity contribution in [2.24, 2.45) is 5.73 Å². The van der Waals surface area contributed by atoms with Gasteiger partial charge in [-0.3, -0.25) is 9.78 Å². The van der Waals surface area contributed by atoms with E-state index >= 15 is 0 Å². The second kappa shape index (κ2) is 4.47. The van der Waals surface area contributed by atoms with Gasteiger partial charge >= 0.3 is 5.97 Å². The Labute approximate surface area is 89.5 Å². The molecular weight excluding hydrogens is 250 g/mol. The third kappa shape index (κ3) is 2.74. The summed E-state index contributed by atoms with van der Waals surface area (Å²) in [6.07, 6.45) is 1.33. The second-order valence-electron chi connectivity index (χ2n) is 2.88. The number of halogens is 1. The Kier molecular flexibility index (Phi) is 3.54. The average Bonchev–Trinajstić information content (AvgIpc) is 2.08. The van der Waals surface area contributed by atoms with Gasteiger partial charge in [0, 0.05) is 0 Å². The van der Waals surface area contributed by atoms with Crippen LogP contribution in [0.15, 0.2) is 10.8 Å². The fraction of sp³-hybridized carbons (Fsp3) is 0.375. The van der Waals surface area contributed by atoms with Crippen molar-refractivity contribution >= 4 is 21.9 Å². The van der Waals surface area contributed by atoms with Gasteiger partial charge in [0.25, 0.3) is 0 Å². The van der Waals surface area contributed by atoms with Crippen LogP contribution in [0.2, 0.25) is 0 Å². The fourth-order valence-corrected chi connectivity index (χ4v) is 1.15. The Morgan fingerprint density at radius 3 is 2.93 bits per heavy atom. The normalized spacial score (nSPS) is 12.5. The maximum absolute atomic E-state index is 10.4. The summed E-state index contributed by atoms with van der Waals surface area (Å²) < 4.78 is 0.642. The molecule has 3 N–H and O–H groups in total. The highest BCUT2D eigenvalue weighted by molar-refractivity contribution is 9.10. The fourth-order valence-electron chi connectivity index (χ4n) is 0.956. The zero-order valence-electron chi connectivity index (χ0n) is 7.57. The standard InChI is InChI=1S/C8H10BrN3O2/c1-4-8(9)11-3-6(12-4)5(10)2-7(13)14/h3,5H,2,10H2,1H3,(H,13,14). The summed E-state index contributed by atoms with van der Waals surface area (Å²) in [5.74, 6) is -0.945. The molecule has 1 aromatic rings. The summed E-state index contributed by atoms with van der Waals surface area (Å²) >= 11 is 3.20. The van der Waals surface area contributed by atoms with Gasteiger partial charge in [0.15, 0.2) is 0 Å². The topological polar surface area (TPSA) is 89.1 Å².